The van der Waals surface area contributed by atoms with Crippen LogP contribution in [0.4, 0.5) is 5.69 Å². The van der Waals surface area contributed by atoms with Crippen molar-refractivity contribution in [1.29, 1.82) is 0 Å². The number of aliphatic hydroxyl groups excluding tert-OH is 1. The average Bonchev–Trinajstić information content (AvgIpc) is 2.47. The molecule has 0 saturated carbocycles. The van der Waals surface area contributed by atoms with Gasteiger partial charge in [-0.3, -0.25) is 4.72 Å². The van der Waals surface area contributed by atoms with Gasteiger partial charge in [0.25, 0.3) is 0 Å². The molecule has 1 aliphatic heterocycles. The van der Waals surface area contributed by atoms with E-state index in [-0.39, 0.29) is 12.5 Å². The summed E-state index contributed by atoms with van der Waals surface area (Å²) >= 11 is 0. The predicted octanol–water partition coefficient (Wildman–Crippen LogP) is 1.45. The number of hydrogen-bond donors (Lipinski definition) is 2. The lowest BCUT2D eigenvalue weighted by molar-refractivity contribution is 0.166. The first-order valence-electron chi connectivity index (χ1n) is 7.16. The molecule has 2 N–H and O–H groups in total. The molecule has 118 valence electrons. The molecule has 0 amide bonds. The van der Waals surface area contributed by atoms with E-state index in [4.69, 9.17) is 4.74 Å². The SMILES string of the molecule is CCOc1cccc(NS(=O)(=O)N2CCCC(CO)C2)c1. The molecular formula is C14H22N2O4S. The number of nitrogens with one attached hydrogen (secondary N) is 1. The minimum absolute atomic E-state index is 0.0186. The second-order valence-electron chi connectivity index (χ2n) is 5.12. The van der Waals surface area contributed by atoms with Crippen LogP contribution in [0, 0.1) is 5.92 Å². The highest BCUT2D eigenvalue weighted by molar-refractivity contribution is 7.90. The van der Waals surface area contributed by atoms with Crippen molar-refractivity contribution in [3.8, 4) is 5.75 Å². The molecule has 0 radical (unpaired) electrons. The molecule has 1 aromatic carbocycles. The fourth-order valence-corrected chi connectivity index (χ4v) is 3.75. The molecule has 1 aliphatic rings. The Bertz CT molecular complexity index is 562. The van der Waals surface area contributed by atoms with Crippen LogP contribution >= 0.6 is 0 Å². The van der Waals surface area contributed by atoms with Gasteiger partial charge in [0, 0.05) is 25.8 Å². The maximum absolute atomic E-state index is 12.4. The van der Waals surface area contributed by atoms with E-state index in [2.05, 4.69) is 4.72 Å². The van der Waals surface area contributed by atoms with E-state index in [1.807, 2.05) is 6.92 Å². The van der Waals surface area contributed by atoms with E-state index in [9.17, 15) is 13.5 Å². The summed E-state index contributed by atoms with van der Waals surface area (Å²) < 4.78 is 34.1. The molecule has 1 unspecified atom stereocenters. The van der Waals surface area contributed by atoms with Crippen LogP contribution in [0.15, 0.2) is 24.3 Å². The van der Waals surface area contributed by atoms with Crippen molar-refractivity contribution in [3.63, 3.8) is 0 Å². The van der Waals surface area contributed by atoms with Gasteiger partial charge in [-0.15, -0.1) is 0 Å². The van der Waals surface area contributed by atoms with Gasteiger partial charge in [0.1, 0.15) is 5.75 Å². The van der Waals surface area contributed by atoms with Gasteiger partial charge < -0.3 is 9.84 Å². The summed E-state index contributed by atoms with van der Waals surface area (Å²) in [6.07, 6.45) is 1.63. The van der Waals surface area contributed by atoms with Gasteiger partial charge in [-0.05, 0) is 37.8 Å². The molecular weight excluding hydrogens is 292 g/mol. The highest BCUT2D eigenvalue weighted by Gasteiger charge is 2.28. The molecule has 0 aromatic heterocycles. The third kappa shape index (κ3) is 4.33. The fraction of sp³-hybridized carbons (Fsp3) is 0.571. The molecule has 0 spiro atoms. The highest BCUT2D eigenvalue weighted by atomic mass is 32.2. The molecule has 1 heterocycles. The normalized spacial score (nSPS) is 20.2. The summed E-state index contributed by atoms with van der Waals surface area (Å²) in [5, 5.41) is 9.20. The first kappa shape index (κ1) is 16.1. The molecule has 1 aromatic rings. The maximum atomic E-state index is 12.4. The first-order chi connectivity index (χ1) is 10.0. The Kier molecular flexibility index (Phi) is 5.44. The summed E-state index contributed by atoms with van der Waals surface area (Å²) in [5.41, 5.74) is 0.479. The van der Waals surface area contributed by atoms with Crippen LogP contribution in [0.3, 0.4) is 0 Å². The van der Waals surface area contributed by atoms with Gasteiger partial charge >= 0.3 is 10.2 Å². The molecule has 1 fully saturated rings. The Hall–Kier alpha value is -1.31. The summed E-state index contributed by atoms with van der Waals surface area (Å²) in [7, 11) is -3.59. The van der Waals surface area contributed by atoms with Crippen molar-refractivity contribution >= 4 is 15.9 Å². The molecule has 0 aliphatic carbocycles. The summed E-state index contributed by atoms with van der Waals surface area (Å²) in [6.45, 7) is 3.26. The van der Waals surface area contributed by atoms with E-state index in [1.54, 1.807) is 24.3 Å². The van der Waals surface area contributed by atoms with Gasteiger partial charge in [-0.2, -0.15) is 12.7 Å². The first-order valence-corrected chi connectivity index (χ1v) is 8.60. The lowest BCUT2D eigenvalue weighted by Gasteiger charge is -2.31. The van der Waals surface area contributed by atoms with Gasteiger partial charge in [0.05, 0.1) is 12.3 Å². The summed E-state index contributed by atoms with van der Waals surface area (Å²) in [4.78, 5) is 0. The van der Waals surface area contributed by atoms with E-state index in [1.165, 1.54) is 4.31 Å². The van der Waals surface area contributed by atoms with E-state index < -0.39 is 10.2 Å². The number of anilines is 1. The number of ether oxygens (including phenoxy) is 1. The highest BCUT2D eigenvalue weighted by Crippen LogP contribution is 2.22. The summed E-state index contributed by atoms with van der Waals surface area (Å²) in [5.74, 6) is 0.648. The number of piperidine rings is 1. The molecule has 0 bridgehead atoms. The molecule has 7 heteroatoms. The third-order valence-electron chi connectivity index (χ3n) is 3.47. The Morgan fingerprint density at radius 3 is 3.00 bits per heavy atom. The lowest BCUT2D eigenvalue weighted by Crippen LogP contribution is -2.43. The Balaban J connectivity index is 2.08. The van der Waals surface area contributed by atoms with Gasteiger partial charge in [-0.25, -0.2) is 0 Å². The molecule has 1 atom stereocenters. The van der Waals surface area contributed by atoms with E-state index >= 15 is 0 Å². The largest absolute Gasteiger partial charge is 0.494 e. The smallest absolute Gasteiger partial charge is 0.301 e. The van der Waals surface area contributed by atoms with Gasteiger partial charge in [0.2, 0.25) is 0 Å². The van der Waals surface area contributed by atoms with Crippen molar-refractivity contribution in [2.24, 2.45) is 5.92 Å². The number of nitrogens with zero attached hydrogens (tertiary/aromatic N) is 1. The van der Waals surface area contributed by atoms with Crippen LogP contribution in [0.25, 0.3) is 0 Å². The average molecular weight is 314 g/mol. The molecule has 1 saturated heterocycles. The monoisotopic (exact) mass is 314 g/mol. The minimum atomic E-state index is -3.59. The fourth-order valence-electron chi connectivity index (χ4n) is 2.42. The standard InChI is InChI=1S/C14H22N2O4S/c1-2-20-14-7-3-6-13(9-14)15-21(18,19)16-8-4-5-12(10-16)11-17/h3,6-7,9,12,15,17H,2,4-5,8,10-11H2,1H3. The van der Waals surface area contributed by atoms with E-state index in [0.29, 0.717) is 31.1 Å². The maximum Gasteiger partial charge on any atom is 0.301 e. The van der Waals surface area contributed by atoms with Crippen LogP contribution in [0.1, 0.15) is 19.8 Å². The Morgan fingerprint density at radius 2 is 2.29 bits per heavy atom. The predicted molar refractivity (Wildman–Crippen MR) is 81.5 cm³/mol. The van der Waals surface area contributed by atoms with Crippen LogP contribution in [-0.4, -0.2) is 44.1 Å². The Morgan fingerprint density at radius 1 is 1.48 bits per heavy atom. The van der Waals surface area contributed by atoms with E-state index in [0.717, 1.165) is 12.8 Å². The topological polar surface area (TPSA) is 78.9 Å². The zero-order chi connectivity index (χ0) is 15.3. The number of aliphatic hydroxyl groups is 1. The third-order valence-corrected chi connectivity index (χ3v) is 4.98. The lowest BCUT2D eigenvalue weighted by atomic mass is 10.0. The van der Waals surface area contributed by atoms with Gasteiger partial charge in [-0.1, -0.05) is 6.07 Å². The molecule has 2 rings (SSSR count). The van der Waals surface area contributed by atoms with Crippen molar-refractivity contribution in [1.82, 2.24) is 4.31 Å². The second kappa shape index (κ2) is 7.11. The van der Waals surface area contributed by atoms with Crippen molar-refractivity contribution in [3.05, 3.63) is 24.3 Å². The van der Waals surface area contributed by atoms with Crippen LogP contribution in [0.2, 0.25) is 0 Å². The number of rotatable bonds is 6. The van der Waals surface area contributed by atoms with Gasteiger partial charge in [0.15, 0.2) is 0 Å². The van der Waals surface area contributed by atoms with Crippen LogP contribution in [-0.2, 0) is 10.2 Å². The quantitative estimate of drug-likeness (QED) is 0.833. The van der Waals surface area contributed by atoms with Crippen LogP contribution in [0.5, 0.6) is 5.75 Å². The zero-order valence-corrected chi connectivity index (χ0v) is 13.0. The molecule has 21 heavy (non-hydrogen) atoms. The number of hydrogen-bond acceptors (Lipinski definition) is 4. The summed E-state index contributed by atoms with van der Waals surface area (Å²) in [6, 6.07) is 6.88. The Labute approximate surface area is 125 Å². The second-order valence-corrected chi connectivity index (χ2v) is 6.79. The van der Waals surface area contributed by atoms with Crippen molar-refractivity contribution in [2.45, 2.75) is 19.8 Å². The van der Waals surface area contributed by atoms with Crippen molar-refractivity contribution in [2.75, 3.05) is 31.0 Å². The minimum Gasteiger partial charge on any atom is -0.494 e. The number of benzene rings is 1. The zero-order valence-electron chi connectivity index (χ0n) is 12.2. The molecule has 6 nitrogen and oxygen atoms in total. The van der Waals surface area contributed by atoms with Crippen LogP contribution < -0.4 is 9.46 Å². The van der Waals surface area contributed by atoms with Crippen molar-refractivity contribution < 1.29 is 18.3 Å².